The number of rotatable bonds is 4. The van der Waals surface area contributed by atoms with Crippen molar-refractivity contribution in [1.29, 1.82) is 0 Å². The third kappa shape index (κ3) is 3.13. The van der Waals surface area contributed by atoms with Crippen LogP contribution >= 0.6 is 0 Å². The van der Waals surface area contributed by atoms with E-state index in [9.17, 15) is 4.79 Å². The fraction of sp³-hybridized carbons (Fsp3) is 0.312. The Labute approximate surface area is 143 Å². The first-order valence-electron chi connectivity index (χ1n) is 7.94. The Morgan fingerprint density at radius 3 is 2.96 bits per heavy atom. The Bertz CT molecular complexity index is 922. The third-order valence-electron chi connectivity index (χ3n) is 4.02. The van der Waals surface area contributed by atoms with Gasteiger partial charge in [-0.25, -0.2) is 19.3 Å². The summed E-state index contributed by atoms with van der Waals surface area (Å²) >= 11 is 0. The van der Waals surface area contributed by atoms with Crippen molar-refractivity contribution in [2.45, 2.75) is 19.0 Å². The summed E-state index contributed by atoms with van der Waals surface area (Å²) < 4.78 is 8.65. The molecule has 1 aliphatic rings. The number of hydrogen-bond donors (Lipinski definition) is 1. The van der Waals surface area contributed by atoms with Crippen LogP contribution in [0.5, 0.6) is 0 Å². The monoisotopic (exact) mass is 339 g/mol. The maximum absolute atomic E-state index is 12.3. The third-order valence-corrected chi connectivity index (χ3v) is 4.02. The first kappa shape index (κ1) is 15.5. The van der Waals surface area contributed by atoms with Crippen molar-refractivity contribution in [2.24, 2.45) is 0 Å². The molecule has 9 heteroatoms. The molecular weight excluding hydrogens is 322 g/mol. The van der Waals surface area contributed by atoms with Crippen LogP contribution in [0.2, 0.25) is 0 Å². The molecule has 3 aromatic heterocycles. The van der Waals surface area contributed by atoms with Gasteiger partial charge in [0.2, 0.25) is 0 Å². The van der Waals surface area contributed by atoms with E-state index in [1.54, 1.807) is 41.5 Å². The number of aromatic nitrogens is 6. The lowest BCUT2D eigenvalue weighted by molar-refractivity contribution is 0.182. The van der Waals surface area contributed by atoms with Gasteiger partial charge < -0.3 is 10.1 Å². The van der Waals surface area contributed by atoms with Gasteiger partial charge >= 0.3 is 0 Å². The molecular formula is C16H17N7O2. The summed E-state index contributed by atoms with van der Waals surface area (Å²) in [4.78, 5) is 20.8. The summed E-state index contributed by atoms with van der Waals surface area (Å²) in [5.41, 5.74) is -0.183. The van der Waals surface area contributed by atoms with Gasteiger partial charge in [0, 0.05) is 24.7 Å². The fourth-order valence-corrected chi connectivity index (χ4v) is 2.83. The average molecular weight is 339 g/mol. The van der Waals surface area contributed by atoms with E-state index in [4.69, 9.17) is 4.74 Å². The van der Waals surface area contributed by atoms with Gasteiger partial charge in [0.15, 0.2) is 5.82 Å². The second-order valence-electron chi connectivity index (χ2n) is 5.77. The maximum atomic E-state index is 12.3. The van der Waals surface area contributed by atoms with Gasteiger partial charge in [0.25, 0.3) is 5.56 Å². The van der Waals surface area contributed by atoms with Crippen molar-refractivity contribution in [2.75, 3.05) is 18.5 Å². The number of anilines is 1. The van der Waals surface area contributed by atoms with Gasteiger partial charge in [0.05, 0.1) is 19.3 Å². The Morgan fingerprint density at radius 1 is 1.24 bits per heavy atom. The molecule has 0 spiro atoms. The lowest BCUT2D eigenvalue weighted by atomic mass is 10.1. The minimum absolute atomic E-state index is 0.118. The molecule has 1 saturated heterocycles. The highest BCUT2D eigenvalue weighted by Gasteiger charge is 2.32. The average Bonchev–Trinajstić information content (AvgIpc) is 3.27. The van der Waals surface area contributed by atoms with Crippen LogP contribution in [0.1, 0.15) is 11.9 Å². The van der Waals surface area contributed by atoms with Gasteiger partial charge in [-0.3, -0.25) is 4.79 Å². The lowest BCUT2D eigenvalue weighted by Crippen LogP contribution is -2.37. The highest BCUT2D eigenvalue weighted by molar-refractivity contribution is 5.35. The van der Waals surface area contributed by atoms with E-state index in [2.05, 4.69) is 25.5 Å². The fourth-order valence-electron chi connectivity index (χ4n) is 2.83. The summed E-state index contributed by atoms with van der Waals surface area (Å²) in [7, 11) is 0. The molecule has 1 aliphatic heterocycles. The van der Waals surface area contributed by atoms with Crippen molar-refractivity contribution in [3.05, 3.63) is 59.0 Å². The summed E-state index contributed by atoms with van der Waals surface area (Å²) in [6.07, 6.45) is 5.14. The van der Waals surface area contributed by atoms with Gasteiger partial charge in [-0.2, -0.15) is 5.10 Å². The van der Waals surface area contributed by atoms with Crippen LogP contribution in [-0.2, 0) is 4.74 Å². The Balaban J connectivity index is 1.64. The van der Waals surface area contributed by atoms with Crippen LogP contribution in [0.3, 0.4) is 0 Å². The van der Waals surface area contributed by atoms with E-state index in [1.165, 1.54) is 10.7 Å². The van der Waals surface area contributed by atoms with Crippen molar-refractivity contribution >= 4 is 5.82 Å². The van der Waals surface area contributed by atoms with Crippen LogP contribution in [-0.4, -0.2) is 48.8 Å². The van der Waals surface area contributed by atoms with Crippen LogP contribution in [0.4, 0.5) is 5.82 Å². The molecule has 4 rings (SSSR count). The van der Waals surface area contributed by atoms with Gasteiger partial charge in [-0.15, -0.1) is 5.10 Å². The molecule has 1 fully saturated rings. The minimum atomic E-state index is -0.238. The second kappa shape index (κ2) is 6.44. The van der Waals surface area contributed by atoms with Crippen molar-refractivity contribution in [1.82, 2.24) is 29.5 Å². The highest BCUT2D eigenvalue weighted by Crippen LogP contribution is 2.21. The van der Waals surface area contributed by atoms with Gasteiger partial charge in [-0.1, -0.05) is 0 Å². The molecule has 0 aliphatic carbocycles. The maximum Gasteiger partial charge on any atom is 0.267 e. The highest BCUT2D eigenvalue weighted by atomic mass is 16.5. The SMILES string of the molecule is Cc1nccc(NC2COCC2n2nc(-n3cccn3)ccc2=O)n1. The lowest BCUT2D eigenvalue weighted by Gasteiger charge is -2.21. The van der Waals surface area contributed by atoms with Gasteiger partial charge in [0.1, 0.15) is 17.7 Å². The summed E-state index contributed by atoms with van der Waals surface area (Å²) in [6.45, 7) is 2.69. The van der Waals surface area contributed by atoms with E-state index < -0.39 is 0 Å². The summed E-state index contributed by atoms with van der Waals surface area (Å²) in [5.74, 6) is 1.95. The molecule has 0 radical (unpaired) electrons. The number of hydrogen-bond acceptors (Lipinski definition) is 7. The quantitative estimate of drug-likeness (QED) is 0.742. The zero-order valence-corrected chi connectivity index (χ0v) is 13.6. The van der Waals surface area contributed by atoms with Crippen molar-refractivity contribution in [3.63, 3.8) is 0 Å². The molecule has 25 heavy (non-hydrogen) atoms. The predicted molar refractivity (Wildman–Crippen MR) is 89.7 cm³/mol. The number of nitrogens with zero attached hydrogens (tertiary/aromatic N) is 6. The zero-order chi connectivity index (χ0) is 17.2. The Hall–Kier alpha value is -3.07. The molecule has 9 nitrogen and oxygen atoms in total. The van der Waals surface area contributed by atoms with E-state index in [-0.39, 0.29) is 17.6 Å². The predicted octanol–water partition coefficient (Wildman–Crippen LogP) is 0.579. The molecule has 128 valence electrons. The molecule has 2 unspecified atom stereocenters. The zero-order valence-electron chi connectivity index (χ0n) is 13.6. The molecule has 4 heterocycles. The first-order valence-corrected chi connectivity index (χ1v) is 7.94. The van der Waals surface area contributed by atoms with Crippen LogP contribution in [0, 0.1) is 6.92 Å². The van der Waals surface area contributed by atoms with Gasteiger partial charge in [-0.05, 0) is 25.1 Å². The molecule has 0 amide bonds. The van der Waals surface area contributed by atoms with E-state index in [0.717, 1.165) is 0 Å². The Kier molecular flexibility index (Phi) is 3.98. The van der Waals surface area contributed by atoms with E-state index in [0.29, 0.717) is 30.7 Å². The molecule has 0 aromatic carbocycles. The molecule has 1 N–H and O–H groups in total. The van der Waals surface area contributed by atoms with Crippen LogP contribution in [0.15, 0.2) is 47.7 Å². The van der Waals surface area contributed by atoms with Crippen LogP contribution in [0.25, 0.3) is 5.82 Å². The number of aryl methyl sites for hydroxylation is 1. The molecule has 0 saturated carbocycles. The topological polar surface area (TPSA) is 99.8 Å². The summed E-state index contributed by atoms with van der Waals surface area (Å²) in [5, 5.41) is 11.9. The van der Waals surface area contributed by atoms with E-state index in [1.807, 2.05) is 6.92 Å². The summed E-state index contributed by atoms with van der Waals surface area (Å²) in [6, 6.07) is 6.38. The van der Waals surface area contributed by atoms with E-state index >= 15 is 0 Å². The second-order valence-corrected chi connectivity index (χ2v) is 5.77. The number of ether oxygens (including phenoxy) is 1. The van der Waals surface area contributed by atoms with Crippen molar-refractivity contribution in [3.8, 4) is 5.82 Å². The molecule has 2 atom stereocenters. The minimum Gasteiger partial charge on any atom is -0.377 e. The Morgan fingerprint density at radius 2 is 2.16 bits per heavy atom. The van der Waals surface area contributed by atoms with Crippen molar-refractivity contribution < 1.29 is 4.74 Å². The normalized spacial score (nSPS) is 19.9. The molecule has 3 aromatic rings. The molecule has 0 bridgehead atoms. The standard InChI is InChI=1S/C16H17N7O2/c1-11-17-7-5-14(19-11)20-12-9-25-10-13(12)23-16(24)4-3-15(21-23)22-8-2-6-18-22/h2-8,12-13H,9-10H2,1H3,(H,17,19,20). The smallest absolute Gasteiger partial charge is 0.267 e. The number of nitrogens with one attached hydrogen (secondary N) is 1. The van der Waals surface area contributed by atoms with Crippen LogP contribution < -0.4 is 10.9 Å². The largest absolute Gasteiger partial charge is 0.377 e. The first-order chi connectivity index (χ1) is 12.2.